The molecule has 0 saturated carbocycles. The Hall–Kier alpha value is -1.14. The van der Waals surface area contributed by atoms with Crippen LogP contribution < -0.4 is 0 Å². The molecule has 1 amide bonds. The minimum absolute atomic E-state index is 0.00674. The summed E-state index contributed by atoms with van der Waals surface area (Å²) in [6.45, 7) is 10.9. The monoisotopic (exact) mass is 363 g/mol. The summed E-state index contributed by atoms with van der Waals surface area (Å²) >= 11 is 5.96. The highest BCUT2D eigenvalue weighted by molar-refractivity contribution is 6.30. The van der Waals surface area contributed by atoms with Crippen LogP contribution in [0.15, 0.2) is 24.3 Å². The van der Waals surface area contributed by atoms with Crippen molar-refractivity contribution in [2.45, 2.75) is 31.5 Å². The molecule has 4 rings (SSSR count). The largest absolute Gasteiger partial charge is 0.378 e. The van der Waals surface area contributed by atoms with Gasteiger partial charge in [-0.05, 0) is 38.1 Å². The quantitative estimate of drug-likeness (QED) is 0.804. The number of nitrogens with zero attached hydrogens (tertiary/aromatic N) is 3. The van der Waals surface area contributed by atoms with Crippen LogP contribution in [0, 0.1) is 0 Å². The van der Waals surface area contributed by atoms with E-state index in [-0.39, 0.29) is 11.4 Å². The zero-order valence-corrected chi connectivity index (χ0v) is 15.7. The molecule has 3 aliphatic rings. The number of piperazine rings is 2. The molecule has 3 fully saturated rings. The predicted octanol–water partition coefficient (Wildman–Crippen LogP) is 1.96. The van der Waals surface area contributed by atoms with Gasteiger partial charge in [-0.25, -0.2) is 0 Å². The summed E-state index contributed by atoms with van der Waals surface area (Å²) in [6.07, 6.45) is 0. The van der Waals surface area contributed by atoms with Gasteiger partial charge in [-0.2, -0.15) is 0 Å². The molecule has 0 N–H and O–H groups in total. The molecule has 0 radical (unpaired) electrons. The van der Waals surface area contributed by atoms with Crippen molar-refractivity contribution in [3.8, 4) is 0 Å². The first kappa shape index (κ1) is 17.3. The summed E-state index contributed by atoms with van der Waals surface area (Å²) in [7, 11) is 0. The Kier molecular flexibility index (Phi) is 4.52. The fourth-order valence-electron chi connectivity index (χ4n) is 4.40. The van der Waals surface area contributed by atoms with Gasteiger partial charge in [0.25, 0.3) is 5.91 Å². The topological polar surface area (TPSA) is 36.0 Å². The number of carbonyl (C=O) groups excluding carboxylic acids is 1. The summed E-state index contributed by atoms with van der Waals surface area (Å²) in [5, 5.41) is 0.660. The van der Waals surface area contributed by atoms with E-state index in [0.717, 1.165) is 45.9 Å². The average molecular weight is 364 g/mol. The van der Waals surface area contributed by atoms with Gasteiger partial charge in [-0.15, -0.1) is 0 Å². The molecule has 0 bridgehead atoms. The number of ether oxygens (including phenoxy) is 1. The molecule has 1 unspecified atom stereocenters. The van der Waals surface area contributed by atoms with Crippen LogP contribution in [0.3, 0.4) is 0 Å². The Bertz CT molecular complexity index is 645. The Morgan fingerprint density at radius 1 is 1.12 bits per heavy atom. The van der Waals surface area contributed by atoms with Crippen molar-refractivity contribution in [1.29, 1.82) is 0 Å². The highest BCUT2D eigenvalue weighted by Crippen LogP contribution is 2.30. The fourth-order valence-corrected chi connectivity index (χ4v) is 4.53. The minimum Gasteiger partial charge on any atom is -0.378 e. The second-order valence-electron chi connectivity index (χ2n) is 8.04. The predicted molar refractivity (Wildman–Crippen MR) is 98.1 cm³/mol. The molecule has 3 aliphatic heterocycles. The van der Waals surface area contributed by atoms with E-state index in [1.165, 1.54) is 0 Å². The molecule has 136 valence electrons. The number of amides is 1. The van der Waals surface area contributed by atoms with E-state index in [1.54, 1.807) is 12.1 Å². The number of benzene rings is 1. The van der Waals surface area contributed by atoms with Crippen LogP contribution in [0.25, 0.3) is 0 Å². The van der Waals surface area contributed by atoms with E-state index in [2.05, 4.69) is 23.6 Å². The zero-order chi connectivity index (χ0) is 17.6. The van der Waals surface area contributed by atoms with Crippen LogP contribution in [-0.4, -0.2) is 84.2 Å². The Morgan fingerprint density at radius 2 is 1.84 bits per heavy atom. The summed E-state index contributed by atoms with van der Waals surface area (Å²) in [5.74, 6) is 0.105. The van der Waals surface area contributed by atoms with E-state index < -0.39 is 0 Å². The van der Waals surface area contributed by atoms with Crippen molar-refractivity contribution in [3.05, 3.63) is 34.9 Å². The highest BCUT2D eigenvalue weighted by atomic mass is 35.5. The number of halogens is 1. The van der Waals surface area contributed by atoms with Crippen LogP contribution in [0.5, 0.6) is 0 Å². The molecule has 3 heterocycles. The van der Waals surface area contributed by atoms with Crippen molar-refractivity contribution in [1.82, 2.24) is 14.7 Å². The van der Waals surface area contributed by atoms with E-state index in [1.807, 2.05) is 17.0 Å². The van der Waals surface area contributed by atoms with Gasteiger partial charge in [0, 0.05) is 54.9 Å². The summed E-state index contributed by atoms with van der Waals surface area (Å²) in [5.41, 5.74) is 0.710. The summed E-state index contributed by atoms with van der Waals surface area (Å²) in [4.78, 5) is 20.1. The molecule has 6 heteroatoms. The third kappa shape index (κ3) is 3.31. The lowest BCUT2D eigenvalue weighted by atomic mass is 9.91. The van der Waals surface area contributed by atoms with Gasteiger partial charge < -0.3 is 9.64 Å². The molecule has 3 saturated heterocycles. The SMILES string of the molecule is CC1(C)CN(C(=O)c2ccc(Cl)cc2)CC2CN(C3COC3)CCN21. The molecule has 1 aromatic rings. The Morgan fingerprint density at radius 3 is 2.48 bits per heavy atom. The Labute approximate surface area is 154 Å². The van der Waals surface area contributed by atoms with Gasteiger partial charge in [0.2, 0.25) is 0 Å². The molecule has 0 aromatic heterocycles. The van der Waals surface area contributed by atoms with Gasteiger partial charge in [0.05, 0.1) is 19.3 Å². The number of hydrogen-bond acceptors (Lipinski definition) is 4. The smallest absolute Gasteiger partial charge is 0.253 e. The molecule has 5 nitrogen and oxygen atoms in total. The van der Waals surface area contributed by atoms with Crippen LogP contribution in [0.1, 0.15) is 24.2 Å². The second-order valence-corrected chi connectivity index (χ2v) is 8.47. The van der Waals surface area contributed by atoms with Crippen molar-refractivity contribution in [3.63, 3.8) is 0 Å². The van der Waals surface area contributed by atoms with Crippen LogP contribution in [-0.2, 0) is 4.74 Å². The minimum atomic E-state index is -0.00674. The molecular weight excluding hydrogens is 338 g/mol. The van der Waals surface area contributed by atoms with Gasteiger partial charge in [0.1, 0.15) is 0 Å². The van der Waals surface area contributed by atoms with E-state index in [0.29, 0.717) is 22.7 Å². The van der Waals surface area contributed by atoms with E-state index in [9.17, 15) is 4.79 Å². The Balaban J connectivity index is 1.50. The maximum Gasteiger partial charge on any atom is 0.253 e. The third-order valence-electron chi connectivity index (χ3n) is 5.82. The lowest BCUT2D eigenvalue weighted by Gasteiger charge is -2.57. The van der Waals surface area contributed by atoms with Gasteiger partial charge in [-0.1, -0.05) is 11.6 Å². The zero-order valence-electron chi connectivity index (χ0n) is 14.9. The first-order valence-electron chi connectivity index (χ1n) is 9.07. The number of hydrogen-bond donors (Lipinski definition) is 0. The van der Waals surface area contributed by atoms with E-state index in [4.69, 9.17) is 16.3 Å². The van der Waals surface area contributed by atoms with Crippen LogP contribution in [0.2, 0.25) is 5.02 Å². The number of fused-ring (bicyclic) bond motifs is 1. The van der Waals surface area contributed by atoms with E-state index >= 15 is 0 Å². The first-order chi connectivity index (χ1) is 11.9. The molecule has 0 spiro atoms. The standard InChI is InChI=1S/C19H26ClN3O2/c1-19(2)13-22(18(24)14-3-5-15(20)6-4-14)10-16-9-21(7-8-23(16)19)17-11-25-12-17/h3-6,16-17H,7-13H2,1-2H3. The second kappa shape index (κ2) is 6.54. The van der Waals surface area contributed by atoms with Crippen molar-refractivity contribution < 1.29 is 9.53 Å². The maximum absolute atomic E-state index is 13.0. The average Bonchev–Trinajstić information content (AvgIpc) is 2.52. The molecule has 1 atom stereocenters. The van der Waals surface area contributed by atoms with Crippen molar-refractivity contribution in [2.24, 2.45) is 0 Å². The maximum atomic E-state index is 13.0. The first-order valence-corrected chi connectivity index (χ1v) is 9.45. The number of rotatable bonds is 2. The summed E-state index contributed by atoms with van der Waals surface area (Å²) < 4.78 is 5.36. The van der Waals surface area contributed by atoms with Crippen LogP contribution >= 0.6 is 11.6 Å². The normalized spacial score (nSPS) is 27.6. The molecule has 0 aliphatic carbocycles. The van der Waals surface area contributed by atoms with Gasteiger partial charge in [-0.3, -0.25) is 14.6 Å². The highest BCUT2D eigenvalue weighted by Gasteiger charge is 2.45. The molecular formula is C19H26ClN3O2. The molecule has 1 aromatic carbocycles. The van der Waals surface area contributed by atoms with Crippen molar-refractivity contribution in [2.75, 3.05) is 45.9 Å². The summed E-state index contributed by atoms with van der Waals surface area (Å²) in [6, 6.07) is 8.16. The van der Waals surface area contributed by atoms with Gasteiger partial charge >= 0.3 is 0 Å². The number of carbonyl (C=O) groups is 1. The third-order valence-corrected chi connectivity index (χ3v) is 6.07. The van der Waals surface area contributed by atoms with Crippen LogP contribution in [0.4, 0.5) is 0 Å². The lowest BCUT2D eigenvalue weighted by Crippen LogP contribution is -2.71. The lowest BCUT2D eigenvalue weighted by molar-refractivity contribution is -0.113. The van der Waals surface area contributed by atoms with Crippen molar-refractivity contribution >= 4 is 17.5 Å². The molecule has 25 heavy (non-hydrogen) atoms. The fraction of sp³-hybridized carbons (Fsp3) is 0.632. The van der Waals surface area contributed by atoms with Gasteiger partial charge in [0.15, 0.2) is 0 Å².